The molecule has 2 aliphatic rings. The molecule has 3 atom stereocenters. The average molecular weight is 193 g/mol. The van der Waals surface area contributed by atoms with E-state index in [1.165, 1.54) is 0 Å². The zero-order valence-corrected chi connectivity index (χ0v) is 8.38. The van der Waals surface area contributed by atoms with Crippen LogP contribution in [-0.2, 0) is 9.59 Å². The zero-order valence-electron chi connectivity index (χ0n) is 8.38. The van der Waals surface area contributed by atoms with Crippen LogP contribution in [0, 0.1) is 23.2 Å². The molecule has 3 unspecified atom stereocenters. The molecule has 0 aliphatic heterocycles. The molecule has 2 rings (SSSR count). The number of Topliss-reactive ketones (excluding diaryl/α,β-unsaturated/α-hetero) is 2. The molecule has 0 heterocycles. The molecule has 0 saturated heterocycles. The standard InChI is InChI=1S/C11H15NO2/c1-2-9(12)11(14)8-4-7-3-6(8)5-10(7)13/h6-8,12H,2-5H2,1H3. The number of carbonyl (C=O) groups is 2. The van der Waals surface area contributed by atoms with Gasteiger partial charge < -0.3 is 5.41 Å². The summed E-state index contributed by atoms with van der Waals surface area (Å²) in [5.41, 5.74) is 0.231. The minimum atomic E-state index is -0.00912. The van der Waals surface area contributed by atoms with Gasteiger partial charge in [0.25, 0.3) is 0 Å². The molecule has 0 amide bonds. The minimum absolute atomic E-state index is 0.00694. The van der Waals surface area contributed by atoms with Gasteiger partial charge in [0.05, 0.1) is 5.71 Å². The van der Waals surface area contributed by atoms with Crippen LogP contribution in [0.2, 0.25) is 0 Å². The zero-order chi connectivity index (χ0) is 10.3. The lowest BCUT2D eigenvalue weighted by Gasteiger charge is -2.19. The van der Waals surface area contributed by atoms with Crippen LogP contribution in [0.3, 0.4) is 0 Å². The van der Waals surface area contributed by atoms with Crippen molar-refractivity contribution in [2.45, 2.75) is 32.6 Å². The molecule has 0 aromatic carbocycles. The highest BCUT2D eigenvalue weighted by molar-refractivity contribution is 6.39. The summed E-state index contributed by atoms with van der Waals surface area (Å²) in [6, 6.07) is 0. The number of rotatable bonds is 3. The van der Waals surface area contributed by atoms with E-state index < -0.39 is 0 Å². The third-order valence-electron chi connectivity index (χ3n) is 3.60. The largest absolute Gasteiger partial charge is 0.302 e. The molecular formula is C11H15NO2. The van der Waals surface area contributed by atoms with Crippen molar-refractivity contribution in [3.8, 4) is 0 Å². The number of nitrogens with one attached hydrogen (secondary N) is 1. The van der Waals surface area contributed by atoms with Crippen LogP contribution in [-0.4, -0.2) is 17.3 Å². The Morgan fingerprint density at radius 3 is 2.64 bits per heavy atom. The highest BCUT2D eigenvalue weighted by Gasteiger charge is 2.48. The highest BCUT2D eigenvalue weighted by atomic mass is 16.1. The molecule has 14 heavy (non-hydrogen) atoms. The van der Waals surface area contributed by atoms with E-state index in [0.717, 1.165) is 6.42 Å². The number of hydrogen-bond donors (Lipinski definition) is 1. The van der Waals surface area contributed by atoms with E-state index in [-0.39, 0.29) is 29.2 Å². The van der Waals surface area contributed by atoms with Gasteiger partial charge in [0, 0.05) is 18.3 Å². The van der Waals surface area contributed by atoms with E-state index in [1.807, 2.05) is 6.92 Å². The summed E-state index contributed by atoms with van der Waals surface area (Å²) in [6.07, 6.45) is 2.70. The third-order valence-corrected chi connectivity index (χ3v) is 3.60. The number of fused-ring (bicyclic) bond motifs is 2. The number of carbonyl (C=O) groups excluding carboxylic acids is 2. The number of hydrogen-bond acceptors (Lipinski definition) is 3. The lowest BCUT2D eigenvalue weighted by molar-refractivity contribution is -0.124. The molecule has 0 spiro atoms. The fourth-order valence-corrected chi connectivity index (χ4v) is 2.76. The van der Waals surface area contributed by atoms with Crippen molar-refractivity contribution in [1.82, 2.24) is 0 Å². The van der Waals surface area contributed by atoms with Crippen LogP contribution in [0.4, 0.5) is 0 Å². The van der Waals surface area contributed by atoms with Crippen molar-refractivity contribution in [2.75, 3.05) is 0 Å². The Bertz CT molecular complexity index is 308. The van der Waals surface area contributed by atoms with Crippen LogP contribution in [0.15, 0.2) is 0 Å². The van der Waals surface area contributed by atoms with Crippen LogP contribution in [0.5, 0.6) is 0 Å². The van der Waals surface area contributed by atoms with Gasteiger partial charge in [-0.3, -0.25) is 9.59 Å². The van der Waals surface area contributed by atoms with E-state index in [2.05, 4.69) is 0 Å². The molecule has 2 saturated carbocycles. The van der Waals surface area contributed by atoms with E-state index in [0.29, 0.717) is 25.0 Å². The van der Waals surface area contributed by atoms with Gasteiger partial charge >= 0.3 is 0 Å². The second-order valence-corrected chi connectivity index (χ2v) is 4.40. The van der Waals surface area contributed by atoms with Crippen molar-refractivity contribution in [3.63, 3.8) is 0 Å². The first kappa shape index (κ1) is 9.56. The van der Waals surface area contributed by atoms with Crippen LogP contribution in [0.1, 0.15) is 32.6 Å². The maximum atomic E-state index is 11.7. The lowest BCUT2D eigenvalue weighted by Crippen LogP contribution is -2.29. The topological polar surface area (TPSA) is 58.0 Å². The summed E-state index contributed by atoms with van der Waals surface area (Å²) in [5, 5.41) is 7.50. The van der Waals surface area contributed by atoms with Crippen LogP contribution >= 0.6 is 0 Å². The monoisotopic (exact) mass is 193 g/mol. The van der Waals surface area contributed by atoms with Crippen molar-refractivity contribution < 1.29 is 9.59 Å². The smallest absolute Gasteiger partial charge is 0.179 e. The van der Waals surface area contributed by atoms with E-state index in [4.69, 9.17) is 5.41 Å². The Labute approximate surface area is 83.4 Å². The second-order valence-electron chi connectivity index (χ2n) is 4.40. The number of ketones is 2. The minimum Gasteiger partial charge on any atom is -0.302 e. The summed E-state index contributed by atoms with van der Waals surface area (Å²) in [4.78, 5) is 23.0. The quantitative estimate of drug-likeness (QED) is 0.692. The van der Waals surface area contributed by atoms with Gasteiger partial charge in [-0.25, -0.2) is 0 Å². The Hall–Kier alpha value is -0.990. The summed E-state index contributed by atoms with van der Waals surface area (Å²) in [6.45, 7) is 1.83. The Morgan fingerprint density at radius 1 is 1.50 bits per heavy atom. The summed E-state index contributed by atoms with van der Waals surface area (Å²) < 4.78 is 0. The third kappa shape index (κ3) is 1.31. The van der Waals surface area contributed by atoms with Crippen molar-refractivity contribution in [2.24, 2.45) is 17.8 Å². The lowest BCUT2D eigenvalue weighted by atomic mass is 9.83. The molecular weight excluding hydrogens is 178 g/mol. The molecule has 0 aromatic heterocycles. The Balaban J connectivity index is 2.06. The molecule has 76 valence electrons. The predicted molar refractivity (Wildman–Crippen MR) is 52.4 cm³/mol. The van der Waals surface area contributed by atoms with E-state index in [1.54, 1.807) is 0 Å². The molecule has 2 fully saturated rings. The van der Waals surface area contributed by atoms with Gasteiger partial charge in [-0.2, -0.15) is 0 Å². The first-order valence-corrected chi connectivity index (χ1v) is 5.27. The molecule has 2 bridgehead atoms. The predicted octanol–water partition coefficient (Wildman–Crippen LogP) is 1.60. The first-order valence-electron chi connectivity index (χ1n) is 5.27. The van der Waals surface area contributed by atoms with Crippen molar-refractivity contribution in [3.05, 3.63) is 0 Å². The first-order chi connectivity index (χ1) is 6.63. The van der Waals surface area contributed by atoms with Gasteiger partial charge in [0.2, 0.25) is 0 Å². The normalized spacial score (nSPS) is 34.9. The summed E-state index contributed by atoms with van der Waals surface area (Å²) in [5.74, 6) is 0.713. The SMILES string of the molecule is CCC(=N)C(=O)C1CC2CC1CC2=O. The maximum absolute atomic E-state index is 11.7. The van der Waals surface area contributed by atoms with Gasteiger partial charge in [-0.1, -0.05) is 6.92 Å². The molecule has 0 aromatic rings. The van der Waals surface area contributed by atoms with Gasteiger partial charge in [0.1, 0.15) is 5.78 Å². The average Bonchev–Trinajstić information content (AvgIpc) is 2.73. The van der Waals surface area contributed by atoms with Crippen molar-refractivity contribution in [1.29, 1.82) is 5.41 Å². The second kappa shape index (κ2) is 3.30. The van der Waals surface area contributed by atoms with Crippen LogP contribution in [0.25, 0.3) is 0 Å². The van der Waals surface area contributed by atoms with Crippen molar-refractivity contribution >= 4 is 17.3 Å². The summed E-state index contributed by atoms with van der Waals surface area (Å²) >= 11 is 0. The molecule has 2 aliphatic carbocycles. The molecule has 1 N–H and O–H groups in total. The maximum Gasteiger partial charge on any atom is 0.179 e. The van der Waals surface area contributed by atoms with Crippen LogP contribution < -0.4 is 0 Å². The van der Waals surface area contributed by atoms with Gasteiger partial charge in [-0.15, -0.1) is 0 Å². The van der Waals surface area contributed by atoms with E-state index in [9.17, 15) is 9.59 Å². The Kier molecular flexibility index (Phi) is 2.25. The molecule has 3 nitrogen and oxygen atoms in total. The molecule has 0 radical (unpaired) electrons. The van der Waals surface area contributed by atoms with E-state index >= 15 is 0 Å². The van der Waals surface area contributed by atoms with Gasteiger partial charge in [-0.05, 0) is 25.2 Å². The Morgan fingerprint density at radius 2 is 2.21 bits per heavy atom. The summed E-state index contributed by atoms with van der Waals surface area (Å²) in [7, 11) is 0. The highest BCUT2D eigenvalue weighted by Crippen LogP contribution is 2.46. The fourth-order valence-electron chi connectivity index (χ4n) is 2.76. The molecule has 3 heteroatoms. The fraction of sp³-hybridized carbons (Fsp3) is 0.727. The van der Waals surface area contributed by atoms with Gasteiger partial charge in [0.15, 0.2) is 5.78 Å².